The molecule has 1 atom stereocenters. The van der Waals surface area contributed by atoms with E-state index < -0.39 is 11.5 Å². The van der Waals surface area contributed by atoms with Crippen LogP contribution in [0.3, 0.4) is 0 Å². The Bertz CT molecular complexity index is 989. The van der Waals surface area contributed by atoms with E-state index in [1.807, 2.05) is 32.1 Å². The molecule has 0 radical (unpaired) electrons. The van der Waals surface area contributed by atoms with Crippen molar-refractivity contribution >= 4 is 11.9 Å². The van der Waals surface area contributed by atoms with Crippen molar-refractivity contribution in [3.8, 4) is 28.7 Å². The van der Waals surface area contributed by atoms with Gasteiger partial charge in [-0.15, -0.1) is 0 Å². The van der Waals surface area contributed by atoms with E-state index in [0.29, 0.717) is 28.6 Å². The lowest BCUT2D eigenvalue weighted by Gasteiger charge is -2.30. The van der Waals surface area contributed by atoms with Crippen LogP contribution in [0.1, 0.15) is 41.3 Å². The zero-order chi connectivity index (χ0) is 20.1. The van der Waals surface area contributed by atoms with Crippen LogP contribution < -0.4 is 18.9 Å². The summed E-state index contributed by atoms with van der Waals surface area (Å²) in [5, 5.41) is 10.3. The van der Waals surface area contributed by atoms with Crippen LogP contribution in [0, 0.1) is 0 Å². The molecule has 0 aromatic heterocycles. The van der Waals surface area contributed by atoms with Gasteiger partial charge in [-0.25, -0.2) is 0 Å². The monoisotopic (exact) mass is 382 g/mol. The first-order valence-corrected chi connectivity index (χ1v) is 9.01. The van der Waals surface area contributed by atoms with Gasteiger partial charge in [-0.1, -0.05) is 6.08 Å². The van der Waals surface area contributed by atoms with E-state index in [9.17, 15) is 9.90 Å². The predicted octanol–water partition coefficient (Wildman–Crippen LogP) is 3.95. The fourth-order valence-corrected chi connectivity index (χ4v) is 3.58. The van der Waals surface area contributed by atoms with Gasteiger partial charge < -0.3 is 24.1 Å². The third-order valence-electron chi connectivity index (χ3n) is 5.03. The molecule has 0 aliphatic carbocycles. The van der Waals surface area contributed by atoms with Crippen molar-refractivity contribution in [2.24, 2.45) is 0 Å². The first kappa shape index (κ1) is 18.2. The van der Waals surface area contributed by atoms with Gasteiger partial charge in [0.15, 0.2) is 5.78 Å². The number of fused-ring (bicyclic) bond motifs is 2. The van der Waals surface area contributed by atoms with Crippen LogP contribution >= 0.6 is 0 Å². The number of carbonyl (C=O) groups excluding carboxylic acids is 1. The number of methoxy groups -OCH3 is 2. The molecule has 4 rings (SSSR count). The van der Waals surface area contributed by atoms with Crippen LogP contribution in [0.5, 0.6) is 28.7 Å². The van der Waals surface area contributed by atoms with E-state index in [4.69, 9.17) is 18.9 Å². The Morgan fingerprint density at radius 2 is 1.89 bits per heavy atom. The number of rotatable bonds is 3. The maximum atomic E-state index is 13.2. The van der Waals surface area contributed by atoms with Crippen LogP contribution in [0.15, 0.2) is 30.3 Å². The molecule has 1 N–H and O–H groups in total. The number of aromatic hydroxyl groups is 1. The lowest BCUT2D eigenvalue weighted by Crippen LogP contribution is -2.29. The zero-order valence-corrected chi connectivity index (χ0v) is 16.2. The fraction of sp³-hybridized carbons (Fsp3) is 0.318. The second-order valence-corrected chi connectivity index (χ2v) is 7.42. The number of ether oxygens (including phenoxy) is 4. The fourth-order valence-electron chi connectivity index (χ4n) is 3.58. The molecule has 2 aromatic rings. The van der Waals surface area contributed by atoms with Crippen molar-refractivity contribution in [2.75, 3.05) is 20.8 Å². The molecule has 2 aliphatic rings. The smallest absolute Gasteiger partial charge is 0.181 e. The Balaban J connectivity index is 1.77. The van der Waals surface area contributed by atoms with E-state index in [0.717, 1.165) is 5.56 Å². The van der Waals surface area contributed by atoms with E-state index in [-0.39, 0.29) is 23.7 Å². The van der Waals surface area contributed by atoms with Crippen LogP contribution in [-0.4, -0.2) is 37.3 Å². The van der Waals surface area contributed by atoms with E-state index in [1.165, 1.54) is 13.2 Å². The Labute approximate surface area is 163 Å². The first-order chi connectivity index (χ1) is 13.3. The number of Topliss-reactive ketones (excluding diaryl/α,β-unsaturated/α-hetero) is 1. The molecule has 0 saturated carbocycles. The number of benzene rings is 2. The van der Waals surface area contributed by atoms with Crippen LogP contribution in [-0.2, 0) is 0 Å². The molecule has 6 nitrogen and oxygen atoms in total. The summed E-state index contributed by atoms with van der Waals surface area (Å²) < 4.78 is 22.5. The summed E-state index contributed by atoms with van der Waals surface area (Å²) in [7, 11) is 3.04. The molecule has 2 aromatic carbocycles. The van der Waals surface area contributed by atoms with Gasteiger partial charge in [0, 0.05) is 29.3 Å². The largest absolute Gasteiger partial charge is 0.507 e. The highest BCUT2D eigenvalue weighted by Crippen LogP contribution is 2.44. The Morgan fingerprint density at radius 1 is 1.11 bits per heavy atom. The van der Waals surface area contributed by atoms with Crippen LogP contribution in [0.25, 0.3) is 6.08 Å². The zero-order valence-electron chi connectivity index (χ0n) is 16.2. The van der Waals surface area contributed by atoms with Gasteiger partial charge in [0.1, 0.15) is 46.5 Å². The number of hydrogen-bond donors (Lipinski definition) is 1. The molecule has 0 fully saturated rings. The average Bonchev–Trinajstić information content (AvgIpc) is 2.66. The lowest BCUT2D eigenvalue weighted by atomic mass is 9.86. The Hall–Kier alpha value is -3.15. The minimum atomic E-state index is -0.601. The second-order valence-electron chi connectivity index (χ2n) is 7.42. The number of phenolic OH excluding ortho intramolecular Hbond substituents is 1. The number of hydrogen-bond acceptors (Lipinski definition) is 6. The molecule has 0 unspecified atom stereocenters. The summed E-state index contributed by atoms with van der Waals surface area (Å²) in [4.78, 5) is 13.2. The van der Waals surface area contributed by atoms with E-state index in [2.05, 4.69) is 0 Å². The minimum absolute atomic E-state index is 0.143. The highest BCUT2D eigenvalue weighted by molar-refractivity contribution is 6.07. The number of ketones is 1. The number of phenols is 1. The molecule has 0 saturated heterocycles. The normalized spacial score (nSPS) is 19.1. The Morgan fingerprint density at radius 3 is 2.61 bits per heavy atom. The quantitative estimate of drug-likeness (QED) is 0.866. The van der Waals surface area contributed by atoms with Crippen molar-refractivity contribution in [3.63, 3.8) is 0 Å². The highest BCUT2D eigenvalue weighted by atomic mass is 16.5. The summed E-state index contributed by atoms with van der Waals surface area (Å²) in [6.07, 6.45) is 3.95. The van der Waals surface area contributed by atoms with Crippen molar-refractivity contribution in [2.45, 2.75) is 25.4 Å². The van der Waals surface area contributed by atoms with Crippen molar-refractivity contribution in [1.82, 2.24) is 0 Å². The number of carbonyl (C=O) groups is 1. The van der Waals surface area contributed by atoms with Gasteiger partial charge in [-0.05, 0) is 26.0 Å². The summed E-state index contributed by atoms with van der Waals surface area (Å²) >= 11 is 0. The summed E-state index contributed by atoms with van der Waals surface area (Å²) in [5.74, 6) is 1.01. The van der Waals surface area contributed by atoms with Crippen LogP contribution in [0.2, 0.25) is 0 Å². The third-order valence-corrected chi connectivity index (χ3v) is 5.03. The third kappa shape index (κ3) is 2.95. The summed E-state index contributed by atoms with van der Waals surface area (Å²) in [6.45, 7) is 4.09. The molecule has 0 amide bonds. The van der Waals surface area contributed by atoms with Crippen LogP contribution in [0.4, 0.5) is 0 Å². The van der Waals surface area contributed by atoms with Gasteiger partial charge in [0.05, 0.1) is 20.1 Å². The molecule has 6 heteroatoms. The van der Waals surface area contributed by atoms with E-state index >= 15 is 0 Å². The van der Waals surface area contributed by atoms with Crippen molar-refractivity contribution in [3.05, 3.63) is 47.0 Å². The topological polar surface area (TPSA) is 74.2 Å². The van der Waals surface area contributed by atoms with Crippen molar-refractivity contribution < 1.29 is 28.8 Å². The molecule has 2 aliphatic heterocycles. The van der Waals surface area contributed by atoms with Gasteiger partial charge in [0.2, 0.25) is 0 Å². The predicted molar refractivity (Wildman–Crippen MR) is 104 cm³/mol. The molecule has 2 heterocycles. The molecule has 146 valence electrons. The molecule has 0 spiro atoms. The maximum Gasteiger partial charge on any atom is 0.181 e. The first-order valence-electron chi connectivity index (χ1n) is 9.01. The molecular weight excluding hydrogens is 360 g/mol. The standard InChI is InChI=1S/C22H22O6/c1-22(2)6-5-12-7-14(18(26-4)10-17(12)28-22)15-11-27-19-9-13(25-3)8-16(23)20(19)21(15)24/h5-10,15,23H,11H2,1-4H3/t15-/m0/s1. The van der Waals surface area contributed by atoms with Gasteiger partial charge in [0.25, 0.3) is 0 Å². The van der Waals surface area contributed by atoms with E-state index in [1.54, 1.807) is 19.2 Å². The highest BCUT2D eigenvalue weighted by Gasteiger charge is 2.36. The summed E-state index contributed by atoms with van der Waals surface area (Å²) in [5.41, 5.74) is 1.31. The van der Waals surface area contributed by atoms with Gasteiger partial charge in [-0.2, -0.15) is 0 Å². The second kappa shape index (κ2) is 6.48. The molecule has 0 bridgehead atoms. The molecular formula is C22H22O6. The summed E-state index contributed by atoms with van der Waals surface area (Å²) in [6, 6.07) is 6.70. The lowest BCUT2D eigenvalue weighted by molar-refractivity contribution is 0.0889. The Kier molecular flexibility index (Phi) is 4.22. The van der Waals surface area contributed by atoms with Crippen molar-refractivity contribution in [1.29, 1.82) is 0 Å². The SMILES string of the molecule is COc1cc(O)c2c(c1)OC[C@@H](c1cc3c(cc1OC)OC(C)(C)C=C3)C2=O. The van der Waals surface area contributed by atoms with Gasteiger partial charge in [-0.3, -0.25) is 4.79 Å². The minimum Gasteiger partial charge on any atom is -0.507 e. The van der Waals surface area contributed by atoms with Gasteiger partial charge >= 0.3 is 0 Å². The maximum absolute atomic E-state index is 13.2. The average molecular weight is 382 g/mol. The molecule has 28 heavy (non-hydrogen) atoms.